The van der Waals surface area contributed by atoms with Crippen molar-refractivity contribution in [2.45, 2.75) is 20.0 Å². The normalized spacial score (nSPS) is 12.6. The molecule has 0 fully saturated rings. The fourth-order valence-corrected chi connectivity index (χ4v) is 1.20. The lowest BCUT2D eigenvalue weighted by atomic mass is 10.1. The summed E-state index contributed by atoms with van der Waals surface area (Å²) >= 11 is 0. The zero-order valence-electron chi connectivity index (χ0n) is 9.70. The Kier molecular flexibility index (Phi) is 4.57. The summed E-state index contributed by atoms with van der Waals surface area (Å²) in [4.78, 5) is 0. The molecular formula is C15H16O. The van der Waals surface area contributed by atoms with E-state index in [1.807, 2.05) is 50.3 Å². The number of hydrogen-bond acceptors (Lipinski definition) is 1. The quantitative estimate of drug-likeness (QED) is 0.747. The van der Waals surface area contributed by atoms with E-state index >= 15 is 0 Å². The molecule has 0 saturated carbocycles. The highest BCUT2D eigenvalue weighted by Crippen LogP contribution is 2.09. The molecule has 16 heavy (non-hydrogen) atoms. The topological polar surface area (TPSA) is 20.2 Å². The molecule has 0 heterocycles. The second-order valence-electron chi connectivity index (χ2n) is 3.75. The number of aliphatic hydroxyl groups excluding tert-OH is 1. The third kappa shape index (κ3) is 4.16. The minimum Gasteiger partial charge on any atom is -0.376 e. The van der Waals surface area contributed by atoms with Gasteiger partial charge < -0.3 is 5.11 Å². The lowest BCUT2D eigenvalue weighted by Gasteiger charge is -2.03. The van der Waals surface area contributed by atoms with Gasteiger partial charge in [-0.2, -0.15) is 0 Å². The van der Waals surface area contributed by atoms with Crippen LogP contribution in [0.4, 0.5) is 0 Å². The minimum atomic E-state index is -0.725. The summed E-state index contributed by atoms with van der Waals surface area (Å²) in [5.74, 6) is 5.52. The first-order valence-corrected chi connectivity index (χ1v) is 5.18. The summed E-state index contributed by atoms with van der Waals surface area (Å²) in [6.07, 6.45) is 1.20. The van der Waals surface area contributed by atoms with Gasteiger partial charge in [0.1, 0.15) is 6.10 Å². The highest BCUT2D eigenvalue weighted by molar-refractivity contribution is 5.54. The second kappa shape index (κ2) is 5.95. The van der Waals surface area contributed by atoms with Gasteiger partial charge in [0.25, 0.3) is 0 Å². The van der Waals surface area contributed by atoms with E-state index in [-0.39, 0.29) is 0 Å². The lowest BCUT2D eigenvalue weighted by molar-refractivity contribution is 0.269. The highest BCUT2D eigenvalue weighted by Gasteiger charge is 2.01. The van der Waals surface area contributed by atoms with Crippen LogP contribution in [0.15, 0.2) is 48.1 Å². The van der Waals surface area contributed by atoms with Crippen LogP contribution in [0.5, 0.6) is 0 Å². The first kappa shape index (κ1) is 12.3. The van der Waals surface area contributed by atoms with E-state index in [1.165, 1.54) is 0 Å². The van der Waals surface area contributed by atoms with Gasteiger partial charge in [-0.05, 0) is 30.6 Å². The molecule has 82 valence electrons. The van der Waals surface area contributed by atoms with Crippen LogP contribution >= 0.6 is 0 Å². The van der Waals surface area contributed by atoms with Crippen LogP contribution in [0.2, 0.25) is 0 Å². The van der Waals surface area contributed by atoms with Crippen LogP contribution in [0, 0.1) is 11.8 Å². The van der Waals surface area contributed by atoms with Crippen LogP contribution in [-0.2, 0) is 0 Å². The summed E-state index contributed by atoms with van der Waals surface area (Å²) in [5, 5.41) is 9.74. The van der Waals surface area contributed by atoms with E-state index in [1.54, 1.807) is 0 Å². The maximum absolute atomic E-state index is 9.74. The Morgan fingerprint density at radius 1 is 1.31 bits per heavy atom. The smallest absolute Gasteiger partial charge is 0.136 e. The van der Waals surface area contributed by atoms with Crippen molar-refractivity contribution in [3.63, 3.8) is 0 Å². The van der Waals surface area contributed by atoms with Gasteiger partial charge in [0.15, 0.2) is 0 Å². The Morgan fingerprint density at radius 3 is 2.50 bits per heavy atom. The predicted octanol–water partition coefficient (Wildman–Crippen LogP) is 3.03. The molecule has 0 spiro atoms. The molecule has 1 N–H and O–H groups in total. The lowest BCUT2D eigenvalue weighted by Crippen LogP contribution is -2.04. The van der Waals surface area contributed by atoms with Crippen molar-refractivity contribution in [1.29, 1.82) is 0 Å². The van der Waals surface area contributed by atoms with Crippen LogP contribution in [0.1, 0.15) is 19.4 Å². The van der Waals surface area contributed by atoms with Crippen molar-refractivity contribution in [3.8, 4) is 11.8 Å². The molecule has 1 aromatic carbocycles. The van der Waals surface area contributed by atoms with Gasteiger partial charge in [-0.1, -0.05) is 54.8 Å². The molecule has 0 bridgehead atoms. The second-order valence-corrected chi connectivity index (χ2v) is 3.75. The zero-order valence-corrected chi connectivity index (χ0v) is 9.70. The first-order valence-electron chi connectivity index (χ1n) is 5.18. The van der Waals surface area contributed by atoms with Crippen molar-refractivity contribution in [3.05, 3.63) is 53.6 Å². The molecule has 0 aliphatic heterocycles. The molecule has 1 nitrogen and oxygen atoms in total. The SMILES string of the molecule is C=C(C)C#CC(O)/C(C)=C/c1ccccc1. The Bertz CT molecular complexity index is 443. The van der Waals surface area contributed by atoms with E-state index in [0.29, 0.717) is 0 Å². The average Bonchev–Trinajstić information content (AvgIpc) is 2.27. The molecule has 0 aromatic heterocycles. The van der Waals surface area contributed by atoms with Crippen molar-refractivity contribution in [2.75, 3.05) is 0 Å². The number of allylic oxidation sites excluding steroid dienone is 1. The zero-order chi connectivity index (χ0) is 12.0. The number of benzene rings is 1. The van der Waals surface area contributed by atoms with Gasteiger partial charge in [0.05, 0.1) is 0 Å². The molecular weight excluding hydrogens is 196 g/mol. The van der Waals surface area contributed by atoms with Crippen LogP contribution in [0.25, 0.3) is 6.08 Å². The Labute approximate surface area is 97.1 Å². The monoisotopic (exact) mass is 212 g/mol. The fourth-order valence-electron chi connectivity index (χ4n) is 1.20. The van der Waals surface area contributed by atoms with Gasteiger partial charge in [-0.3, -0.25) is 0 Å². The maximum Gasteiger partial charge on any atom is 0.136 e. The number of rotatable bonds is 2. The highest BCUT2D eigenvalue weighted by atomic mass is 16.3. The third-order valence-corrected chi connectivity index (χ3v) is 2.05. The van der Waals surface area contributed by atoms with Gasteiger partial charge in [-0.15, -0.1) is 0 Å². The minimum absolute atomic E-state index is 0.725. The molecule has 1 atom stereocenters. The molecule has 1 aromatic rings. The molecule has 1 rings (SSSR count). The molecule has 0 amide bonds. The Morgan fingerprint density at radius 2 is 1.94 bits per heavy atom. The molecule has 0 aliphatic carbocycles. The van der Waals surface area contributed by atoms with Gasteiger partial charge in [-0.25, -0.2) is 0 Å². The van der Waals surface area contributed by atoms with Crippen molar-refractivity contribution < 1.29 is 5.11 Å². The number of hydrogen-bond donors (Lipinski definition) is 1. The predicted molar refractivity (Wildman–Crippen MR) is 68.7 cm³/mol. The van der Waals surface area contributed by atoms with E-state index in [0.717, 1.165) is 16.7 Å². The van der Waals surface area contributed by atoms with Gasteiger partial charge >= 0.3 is 0 Å². The third-order valence-electron chi connectivity index (χ3n) is 2.05. The molecule has 1 unspecified atom stereocenters. The molecule has 0 aliphatic rings. The summed E-state index contributed by atoms with van der Waals surface area (Å²) < 4.78 is 0. The van der Waals surface area contributed by atoms with E-state index < -0.39 is 6.10 Å². The summed E-state index contributed by atoms with van der Waals surface area (Å²) in [5.41, 5.74) is 2.66. The fraction of sp³-hybridized carbons (Fsp3) is 0.200. The van der Waals surface area contributed by atoms with E-state index in [4.69, 9.17) is 0 Å². The summed E-state index contributed by atoms with van der Waals surface area (Å²) in [6.45, 7) is 7.35. The largest absolute Gasteiger partial charge is 0.376 e. The van der Waals surface area contributed by atoms with Crippen molar-refractivity contribution in [1.82, 2.24) is 0 Å². The maximum atomic E-state index is 9.74. The molecule has 1 heteroatoms. The summed E-state index contributed by atoms with van der Waals surface area (Å²) in [6, 6.07) is 9.87. The van der Waals surface area contributed by atoms with Gasteiger partial charge in [0.2, 0.25) is 0 Å². The van der Waals surface area contributed by atoms with Crippen molar-refractivity contribution >= 4 is 6.08 Å². The molecule has 0 radical (unpaired) electrons. The number of aliphatic hydroxyl groups is 1. The van der Waals surface area contributed by atoms with E-state index in [9.17, 15) is 5.11 Å². The van der Waals surface area contributed by atoms with Gasteiger partial charge in [0, 0.05) is 0 Å². The average molecular weight is 212 g/mol. The standard InChI is InChI=1S/C15H16O/c1-12(2)9-10-15(16)13(3)11-14-7-5-4-6-8-14/h4-8,11,15-16H,1H2,2-3H3/b13-11+. The van der Waals surface area contributed by atoms with Crippen LogP contribution < -0.4 is 0 Å². The van der Waals surface area contributed by atoms with Crippen LogP contribution in [0.3, 0.4) is 0 Å². The van der Waals surface area contributed by atoms with E-state index in [2.05, 4.69) is 18.4 Å². The van der Waals surface area contributed by atoms with Crippen molar-refractivity contribution in [2.24, 2.45) is 0 Å². The molecule has 0 saturated heterocycles. The van der Waals surface area contributed by atoms with Crippen LogP contribution in [-0.4, -0.2) is 11.2 Å². The summed E-state index contributed by atoms with van der Waals surface area (Å²) in [7, 11) is 0. The first-order chi connectivity index (χ1) is 7.59. The Balaban J connectivity index is 2.79. The Hall–Kier alpha value is -1.78.